The molecule has 0 bridgehead atoms. The van der Waals surface area contributed by atoms with Gasteiger partial charge in [0.25, 0.3) is 17.7 Å². The quantitative estimate of drug-likeness (QED) is 0.0218. The number of aromatic nitrogens is 2. The van der Waals surface area contributed by atoms with Crippen molar-refractivity contribution in [3.05, 3.63) is 113 Å². The smallest absolute Gasteiger partial charge is 0.264 e. The molecule has 3 aliphatic heterocycles. The van der Waals surface area contributed by atoms with Gasteiger partial charge >= 0.3 is 0 Å². The van der Waals surface area contributed by atoms with Crippen LogP contribution < -0.4 is 41.5 Å². The third-order valence-electron chi connectivity index (χ3n) is 13.2. The zero-order chi connectivity index (χ0) is 53.1. The summed E-state index contributed by atoms with van der Waals surface area (Å²) in [6.07, 6.45) is 3.60. The molecule has 0 saturated carbocycles. The topological polar surface area (TPSA) is 252 Å². The van der Waals surface area contributed by atoms with Crippen LogP contribution in [0, 0.1) is 5.92 Å². The summed E-state index contributed by atoms with van der Waals surface area (Å²) in [5.41, 5.74) is 3.28. The molecule has 8 rings (SSSR count). The normalized spacial score (nSPS) is 16.3. The fourth-order valence-corrected chi connectivity index (χ4v) is 10.7. The van der Waals surface area contributed by atoms with Gasteiger partial charge in [-0.05, 0) is 93.5 Å². The first kappa shape index (κ1) is 54.2. The number of aromatic hydroxyl groups is 1. The lowest BCUT2D eigenvalue weighted by molar-refractivity contribution is -0.136. The van der Waals surface area contributed by atoms with Crippen molar-refractivity contribution in [2.45, 2.75) is 44.2 Å². The Labute approximate surface area is 439 Å². The van der Waals surface area contributed by atoms with Crippen LogP contribution >= 0.6 is 18.7 Å². The van der Waals surface area contributed by atoms with E-state index in [0.717, 1.165) is 36.5 Å². The fraction of sp³-hybridized carbons (Fsp3) is 0.377. The van der Waals surface area contributed by atoms with E-state index in [-0.39, 0.29) is 65.8 Å². The number of piperidine rings is 2. The van der Waals surface area contributed by atoms with E-state index in [1.54, 1.807) is 56.8 Å². The van der Waals surface area contributed by atoms with Crippen molar-refractivity contribution < 1.29 is 52.6 Å². The fourth-order valence-electron chi connectivity index (χ4n) is 9.37. The molecular weight excluding hydrogens is 1010 g/mol. The Morgan fingerprint density at radius 2 is 1.59 bits per heavy atom. The molecule has 2 atom stereocenters. The molecule has 75 heavy (non-hydrogen) atoms. The number of hydrogen-bond donors (Lipinski definition) is 6. The number of amides is 5. The lowest BCUT2D eigenvalue weighted by Crippen LogP contribution is -2.54. The number of para-hydroxylation sites is 2. The van der Waals surface area contributed by atoms with Crippen LogP contribution in [0.3, 0.4) is 0 Å². The number of phenolic OH excluding ortho intramolecular Hbond substituents is 1. The standard InChI is InChI=1S/C53H61ClN9O11P/c1-71-44-31-34(15-16-38(44)59-53-57-32-37(54)48(61-53)58-39-11-5-7-14-45(39)75(2,3)70)62-24-20-33(21-25-62)43(19-22-56-49(66)35-9-4-6-13-42(35)64)74-30-29-73-28-27-72-26-23-55-40-12-8-10-36-47(40)52(69)63(51(36)68)41-17-18-46(65)60-50(41)67/h4-16,31-33,41,43,55,64H,17-30H2,1-3H3,(H,56,66)(H,60,65,67)(H2,57,58,59,61). The molecule has 4 aromatic carbocycles. The van der Waals surface area contributed by atoms with E-state index in [1.807, 2.05) is 42.5 Å². The molecule has 0 aliphatic carbocycles. The SMILES string of the molecule is COc1cc(N2CCC(C(CCNC(=O)c3ccccc3O)OCCOCCOCCNc3cccc4c3C(=O)N(C3CCC(=O)NC3=O)C4=O)CC2)ccc1Nc1ncc(Cl)c(Nc2ccccc2P(C)(C)=O)n1. The lowest BCUT2D eigenvalue weighted by atomic mass is 9.89. The highest BCUT2D eigenvalue weighted by atomic mass is 35.5. The number of halogens is 1. The Balaban J connectivity index is 0.804. The number of rotatable bonds is 24. The average Bonchev–Trinajstić information content (AvgIpc) is 3.65. The second-order valence-corrected chi connectivity index (χ2v) is 22.1. The molecule has 20 nitrogen and oxygen atoms in total. The summed E-state index contributed by atoms with van der Waals surface area (Å²) in [4.78, 5) is 75.9. The number of methoxy groups -OCH3 is 1. The van der Waals surface area contributed by atoms with E-state index in [1.165, 1.54) is 12.3 Å². The van der Waals surface area contributed by atoms with E-state index in [9.17, 15) is 33.6 Å². The van der Waals surface area contributed by atoms with Crippen LogP contribution in [0.25, 0.3) is 0 Å². The Morgan fingerprint density at radius 1 is 0.853 bits per heavy atom. The first-order valence-electron chi connectivity index (χ1n) is 24.8. The average molecular weight is 1070 g/mol. The van der Waals surface area contributed by atoms with Crippen LogP contribution in [0.2, 0.25) is 5.02 Å². The first-order valence-corrected chi connectivity index (χ1v) is 27.7. The summed E-state index contributed by atoms with van der Waals surface area (Å²) < 4.78 is 36.9. The van der Waals surface area contributed by atoms with Gasteiger partial charge in [0.15, 0.2) is 5.82 Å². The van der Waals surface area contributed by atoms with Gasteiger partial charge in [0.05, 0.1) is 80.5 Å². The molecule has 4 heterocycles. The number of anilines is 6. The number of benzene rings is 4. The number of carbonyl (C=O) groups is 5. The third kappa shape index (κ3) is 13.4. The van der Waals surface area contributed by atoms with Gasteiger partial charge in [-0.15, -0.1) is 0 Å². The molecular formula is C53H61ClN9O11P. The van der Waals surface area contributed by atoms with Crippen LogP contribution in [-0.2, 0) is 28.4 Å². The molecule has 2 unspecified atom stereocenters. The highest BCUT2D eigenvalue weighted by Gasteiger charge is 2.45. The number of fused-ring (bicyclic) bond motifs is 1. The van der Waals surface area contributed by atoms with Gasteiger partial charge in [0.1, 0.15) is 29.7 Å². The minimum atomic E-state index is -2.60. The summed E-state index contributed by atoms with van der Waals surface area (Å²) in [6, 6.07) is 23.5. The predicted octanol–water partition coefficient (Wildman–Crippen LogP) is 6.55. The summed E-state index contributed by atoms with van der Waals surface area (Å²) in [7, 11) is -1.00. The maximum atomic E-state index is 13.4. The molecule has 2 saturated heterocycles. The Bertz CT molecular complexity index is 2950. The predicted molar refractivity (Wildman–Crippen MR) is 285 cm³/mol. The van der Waals surface area contributed by atoms with Gasteiger partial charge in [-0.25, -0.2) is 4.98 Å². The minimum absolute atomic E-state index is 0.0388. The van der Waals surface area contributed by atoms with Gasteiger partial charge in [-0.1, -0.05) is 41.9 Å². The van der Waals surface area contributed by atoms with Crippen molar-refractivity contribution >= 4 is 88.1 Å². The first-order chi connectivity index (χ1) is 36.2. The van der Waals surface area contributed by atoms with Gasteiger partial charge in [0.2, 0.25) is 17.8 Å². The lowest BCUT2D eigenvalue weighted by Gasteiger charge is -2.37. The van der Waals surface area contributed by atoms with Crippen molar-refractivity contribution in [3.8, 4) is 11.5 Å². The summed E-state index contributed by atoms with van der Waals surface area (Å²) in [5.74, 6) is -1.32. The summed E-state index contributed by atoms with van der Waals surface area (Å²) in [5, 5.41) is 26.0. The molecule has 1 aromatic heterocycles. The number of phenols is 1. The second-order valence-electron chi connectivity index (χ2n) is 18.5. The van der Waals surface area contributed by atoms with Crippen LogP contribution in [0.5, 0.6) is 11.5 Å². The minimum Gasteiger partial charge on any atom is -0.507 e. The zero-order valence-electron chi connectivity index (χ0n) is 41.9. The Kier molecular flexibility index (Phi) is 18.0. The highest BCUT2D eigenvalue weighted by Crippen LogP contribution is 2.40. The maximum absolute atomic E-state index is 13.4. The van der Waals surface area contributed by atoms with Gasteiger partial charge in [0, 0.05) is 55.3 Å². The monoisotopic (exact) mass is 1070 g/mol. The summed E-state index contributed by atoms with van der Waals surface area (Å²) >= 11 is 6.51. The number of imide groups is 2. The largest absolute Gasteiger partial charge is 0.507 e. The van der Waals surface area contributed by atoms with Crippen LogP contribution in [-0.4, -0.2) is 141 Å². The van der Waals surface area contributed by atoms with Gasteiger partial charge in [-0.3, -0.25) is 34.2 Å². The Morgan fingerprint density at radius 3 is 2.35 bits per heavy atom. The molecule has 2 fully saturated rings. The van der Waals surface area contributed by atoms with E-state index < -0.39 is 36.8 Å². The van der Waals surface area contributed by atoms with Crippen LogP contribution in [0.4, 0.5) is 34.5 Å². The summed E-state index contributed by atoms with van der Waals surface area (Å²) in [6.45, 7) is 7.08. The molecule has 3 aliphatic rings. The van der Waals surface area contributed by atoms with Crippen LogP contribution in [0.1, 0.15) is 63.2 Å². The third-order valence-corrected chi connectivity index (χ3v) is 15.0. The van der Waals surface area contributed by atoms with E-state index >= 15 is 0 Å². The van der Waals surface area contributed by atoms with Crippen molar-refractivity contribution in [1.29, 1.82) is 0 Å². The molecule has 5 amide bonds. The number of nitrogens with zero attached hydrogens (tertiary/aromatic N) is 4. The molecule has 0 radical (unpaired) electrons. The number of hydrogen-bond acceptors (Lipinski definition) is 17. The van der Waals surface area contributed by atoms with E-state index in [2.05, 4.69) is 41.5 Å². The number of ether oxygens (including phenoxy) is 4. The van der Waals surface area contributed by atoms with Crippen molar-refractivity contribution in [2.75, 3.05) is 101 Å². The highest BCUT2D eigenvalue weighted by molar-refractivity contribution is 7.70. The zero-order valence-corrected chi connectivity index (χ0v) is 43.6. The Hall–Kier alpha value is -7.09. The van der Waals surface area contributed by atoms with Crippen molar-refractivity contribution in [3.63, 3.8) is 0 Å². The molecule has 0 spiro atoms. The molecule has 22 heteroatoms. The molecule has 6 N–H and O–H groups in total. The number of carbonyl (C=O) groups excluding carboxylic acids is 5. The van der Waals surface area contributed by atoms with Gasteiger partial charge in [-0.2, -0.15) is 4.98 Å². The van der Waals surface area contributed by atoms with Crippen LogP contribution in [0.15, 0.2) is 91.1 Å². The van der Waals surface area contributed by atoms with Gasteiger partial charge < -0.3 is 54.8 Å². The molecule has 396 valence electrons. The van der Waals surface area contributed by atoms with E-state index in [4.69, 9.17) is 30.5 Å². The molecule has 5 aromatic rings. The van der Waals surface area contributed by atoms with E-state index in [0.29, 0.717) is 84.9 Å². The maximum Gasteiger partial charge on any atom is 0.264 e. The number of nitrogens with one attached hydrogen (secondary N) is 5. The van der Waals surface area contributed by atoms with Crippen molar-refractivity contribution in [2.24, 2.45) is 5.92 Å². The van der Waals surface area contributed by atoms with Crippen molar-refractivity contribution in [1.82, 2.24) is 25.5 Å². The second kappa shape index (κ2) is 25.0.